The summed E-state index contributed by atoms with van der Waals surface area (Å²) in [6.45, 7) is 2.14. The number of ether oxygens (including phenoxy) is 1. The van der Waals surface area contributed by atoms with Crippen molar-refractivity contribution in [1.29, 1.82) is 0 Å². The lowest BCUT2D eigenvalue weighted by atomic mass is 10.1. The number of rotatable bonds is 4. The molecular formula is C12H12ClNO2S. The van der Waals surface area contributed by atoms with E-state index >= 15 is 0 Å². The van der Waals surface area contributed by atoms with Crippen molar-refractivity contribution in [3.63, 3.8) is 0 Å². The molecule has 3 nitrogen and oxygen atoms in total. The van der Waals surface area contributed by atoms with Crippen LogP contribution in [0.15, 0.2) is 29.9 Å². The van der Waals surface area contributed by atoms with E-state index in [4.69, 9.17) is 16.3 Å². The maximum atomic E-state index is 9.64. The standard InChI is InChI=1S/C12H12ClNO2S/c1-8(15)11-4-9(13)2-3-12(11)16-6-10-5-14-7-17-10/h2-5,7-8,15H,6H2,1H3/t8-/m0/s1. The smallest absolute Gasteiger partial charge is 0.125 e. The van der Waals surface area contributed by atoms with Gasteiger partial charge in [-0.2, -0.15) is 0 Å². The number of aromatic nitrogens is 1. The molecule has 0 spiro atoms. The zero-order valence-electron chi connectivity index (χ0n) is 9.26. The van der Waals surface area contributed by atoms with Crippen molar-refractivity contribution >= 4 is 22.9 Å². The Hall–Kier alpha value is -1.10. The van der Waals surface area contributed by atoms with Crippen molar-refractivity contribution in [3.05, 3.63) is 45.4 Å². The van der Waals surface area contributed by atoms with E-state index in [1.807, 2.05) is 0 Å². The highest BCUT2D eigenvalue weighted by Gasteiger charge is 2.10. The Morgan fingerprint density at radius 1 is 1.53 bits per heavy atom. The first-order valence-corrected chi connectivity index (χ1v) is 6.40. The first-order chi connectivity index (χ1) is 8.16. The van der Waals surface area contributed by atoms with E-state index in [0.29, 0.717) is 22.9 Å². The van der Waals surface area contributed by atoms with Crippen LogP contribution in [0.3, 0.4) is 0 Å². The van der Waals surface area contributed by atoms with Gasteiger partial charge in [-0.25, -0.2) is 0 Å². The lowest BCUT2D eigenvalue weighted by Crippen LogP contribution is -2.00. The minimum atomic E-state index is -0.606. The van der Waals surface area contributed by atoms with Gasteiger partial charge in [-0.1, -0.05) is 11.6 Å². The summed E-state index contributed by atoms with van der Waals surface area (Å²) < 4.78 is 5.65. The molecule has 0 unspecified atom stereocenters. The maximum absolute atomic E-state index is 9.64. The molecule has 2 aromatic rings. The zero-order chi connectivity index (χ0) is 12.3. The van der Waals surface area contributed by atoms with Gasteiger partial charge in [0.25, 0.3) is 0 Å². The highest BCUT2D eigenvalue weighted by Crippen LogP contribution is 2.29. The molecule has 0 aliphatic carbocycles. The van der Waals surface area contributed by atoms with E-state index in [1.165, 1.54) is 11.3 Å². The normalized spacial score (nSPS) is 12.4. The van der Waals surface area contributed by atoms with E-state index < -0.39 is 6.10 Å². The number of thiazole rings is 1. The van der Waals surface area contributed by atoms with E-state index in [9.17, 15) is 5.11 Å². The fourth-order valence-corrected chi connectivity index (χ4v) is 2.13. The van der Waals surface area contributed by atoms with Crippen molar-refractivity contribution in [3.8, 4) is 5.75 Å². The molecule has 0 fully saturated rings. The molecule has 0 bridgehead atoms. The van der Waals surface area contributed by atoms with Crippen LogP contribution in [0.5, 0.6) is 5.75 Å². The van der Waals surface area contributed by atoms with Crippen LogP contribution >= 0.6 is 22.9 Å². The fourth-order valence-electron chi connectivity index (χ4n) is 1.44. The van der Waals surface area contributed by atoms with Gasteiger partial charge in [-0.3, -0.25) is 4.98 Å². The van der Waals surface area contributed by atoms with Crippen LogP contribution in [0.4, 0.5) is 0 Å². The third-order valence-electron chi connectivity index (χ3n) is 2.28. The Labute approximate surface area is 109 Å². The Morgan fingerprint density at radius 3 is 3.00 bits per heavy atom. The van der Waals surface area contributed by atoms with E-state index in [2.05, 4.69) is 4.98 Å². The summed E-state index contributed by atoms with van der Waals surface area (Å²) in [5, 5.41) is 10.2. The molecule has 17 heavy (non-hydrogen) atoms. The predicted molar refractivity (Wildman–Crippen MR) is 68.5 cm³/mol. The second-order valence-corrected chi connectivity index (χ2v) is 5.02. The van der Waals surface area contributed by atoms with Crippen molar-refractivity contribution in [2.75, 3.05) is 0 Å². The van der Waals surface area contributed by atoms with Crippen molar-refractivity contribution in [2.24, 2.45) is 0 Å². The second kappa shape index (κ2) is 5.49. The van der Waals surface area contributed by atoms with Crippen molar-refractivity contribution in [1.82, 2.24) is 4.98 Å². The molecule has 1 aromatic heterocycles. The van der Waals surface area contributed by atoms with Crippen LogP contribution in [0.25, 0.3) is 0 Å². The summed E-state index contributed by atoms with van der Waals surface area (Å²) in [6.07, 6.45) is 1.16. The summed E-state index contributed by atoms with van der Waals surface area (Å²) in [5.74, 6) is 0.651. The lowest BCUT2D eigenvalue weighted by molar-refractivity contribution is 0.190. The van der Waals surface area contributed by atoms with Crippen LogP contribution in [-0.2, 0) is 6.61 Å². The summed E-state index contributed by atoms with van der Waals surface area (Å²) in [4.78, 5) is 5.01. The highest BCUT2D eigenvalue weighted by molar-refractivity contribution is 7.09. The van der Waals surface area contributed by atoms with Crippen LogP contribution in [0.2, 0.25) is 5.02 Å². The van der Waals surface area contributed by atoms with E-state index in [1.54, 1.807) is 36.8 Å². The molecule has 0 saturated heterocycles. The number of nitrogens with zero attached hydrogens (tertiary/aromatic N) is 1. The molecule has 2 rings (SSSR count). The molecule has 0 saturated carbocycles. The molecular weight excluding hydrogens is 258 g/mol. The molecule has 90 valence electrons. The minimum Gasteiger partial charge on any atom is -0.488 e. The van der Waals surface area contributed by atoms with Crippen LogP contribution in [-0.4, -0.2) is 10.1 Å². The molecule has 0 aliphatic rings. The number of aliphatic hydroxyl groups excluding tert-OH is 1. The summed E-state index contributed by atoms with van der Waals surface area (Å²) in [7, 11) is 0. The molecule has 1 atom stereocenters. The minimum absolute atomic E-state index is 0.450. The largest absolute Gasteiger partial charge is 0.488 e. The molecule has 0 radical (unpaired) electrons. The topological polar surface area (TPSA) is 42.4 Å². The van der Waals surface area contributed by atoms with Crippen molar-refractivity contribution in [2.45, 2.75) is 19.6 Å². The van der Waals surface area contributed by atoms with Gasteiger partial charge in [0.1, 0.15) is 12.4 Å². The fraction of sp³-hybridized carbons (Fsp3) is 0.250. The van der Waals surface area contributed by atoms with E-state index in [-0.39, 0.29) is 0 Å². The van der Waals surface area contributed by atoms with Gasteiger partial charge in [0.05, 0.1) is 16.5 Å². The third-order valence-corrected chi connectivity index (χ3v) is 3.26. The Morgan fingerprint density at radius 2 is 2.35 bits per heavy atom. The average molecular weight is 270 g/mol. The molecule has 5 heteroatoms. The Kier molecular flexibility index (Phi) is 3.99. The Bertz CT molecular complexity index is 485. The molecule has 0 amide bonds. The van der Waals surface area contributed by atoms with Crippen LogP contribution in [0, 0.1) is 0 Å². The lowest BCUT2D eigenvalue weighted by Gasteiger charge is -2.13. The molecule has 1 N–H and O–H groups in total. The Balaban J connectivity index is 2.14. The average Bonchev–Trinajstić information content (AvgIpc) is 2.80. The number of hydrogen-bond acceptors (Lipinski definition) is 4. The quantitative estimate of drug-likeness (QED) is 0.925. The van der Waals surface area contributed by atoms with Gasteiger partial charge in [-0.05, 0) is 25.1 Å². The van der Waals surface area contributed by atoms with Gasteiger partial charge < -0.3 is 9.84 Å². The SMILES string of the molecule is C[C@H](O)c1cc(Cl)ccc1OCc1cncs1. The maximum Gasteiger partial charge on any atom is 0.125 e. The number of hydrogen-bond donors (Lipinski definition) is 1. The molecule has 0 aliphatic heterocycles. The summed E-state index contributed by atoms with van der Waals surface area (Å²) >= 11 is 7.42. The van der Waals surface area contributed by atoms with Crippen LogP contribution in [0.1, 0.15) is 23.5 Å². The predicted octanol–water partition coefficient (Wildman–Crippen LogP) is 3.43. The number of halogens is 1. The number of benzene rings is 1. The summed E-state index contributed by atoms with van der Waals surface area (Å²) in [5.41, 5.74) is 2.46. The van der Waals surface area contributed by atoms with Gasteiger partial charge in [-0.15, -0.1) is 11.3 Å². The molecule has 1 aromatic carbocycles. The summed E-state index contributed by atoms with van der Waals surface area (Å²) in [6, 6.07) is 5.23. The highest BCUT2D eigenvalue weighted by atomic mass is 35.5. The second-order valence-electron chi connectivity index (χ2n) is 3.61. The van der Waals surface area contributed by atoms with Crippen LogP contribution < -0.4 is 4.74 Å². The van der Waals surface area contributed by atoms with E-state index in [0.717, 1.165) is 4.88 Å². The van der Waals surface area contributed by atoms with Gasteiger partial charge in [0.15, 0.2) is 0 Å². The monoisotopic (exact) mass is 269 g/mol. The zero-order valence-corrected chi connectivity index (χ0v) is 10.8. The first-order valence-electron chi connectivity index (χ1n) is 5.14. The number of aliphatic hydroxyl groups is 1. The third kappa shape index (κ3) is 3.19. The first kappa shape index (κ1) is 12.4. The van der Waals surface area contributed by atoms with Crippen molar-refractivity contribution < 1.29 is 9.84 Å². The van der Waals surface area contributed by atoms with Gasteiger partial charge in [0, 0.05) is 16.8 Å². The van der Waals surface area contributed by atoms with Gasteiger partial charge >= 0.3 is 0 Å². The van der Waals surface area contributed by atoms with Gasteiger partial charge in [0.2, 0.25) is 0 Å². The molecule has 1 heterocycles.